The van der Waals surface area contributed by atoms with E-state index in [1.54, 1.807) is 24.9 Å². The first kappa shape index (κ1) is 17.3. The molecule has 9 heteroatoms. The zero-order chi connectivity index (χ0) is 20.9. The van der Waals surface area contributed by atoms with Gasteiger partial charge in [-0.15, -0.1) is 0 Å². The average molecular weight is 407 g/mol. The molecule has 0 aliphatic carbocycles. The van der Waals surface area contributed by atoms with Crippen LogP contribution in [0.4, 0.5) is 5.69 Å². The van der Waals surface area contributed by atoms with Crippen LogP contribution in [0.15, 0.2) is 61.6 Å². The zero-order valence-corrected chi connectivity index (χ0v) is 16.5. The van der Waals surface area contributed by atoms with Crippen LogP contribution in [-0.2, 0) is 0 Å². The Balaban J connectivity index is 1.51. The SMILES string of the molecule is Cc1cn(-c2cncc3[nH]c(-c4n[nH]c5ccc(-c6cncc(N)c6)nc45)cc23)cn1. The molecule has 4 N–H and O–H groups in total. The Hall–Kier alpha value is -4.53. The van der Waals surface area contributed by atoms with E-state index in [-0.39, 0.29) is 0 Å². The molecule has 0 bridgehead atoms. The molecule has 0 aromatic carbocycles. The number of nitrogen functional groups attached to an aromatic ring is 1. The predicted molar refractivity (Wildman–Crippen MR) is 118 cm³/mol. The number of nitrogens with zero attached hydrogens (tertiary/aromatic N) is 6. The third kappa shape index (κ3) is 2.83. The highest BCUT2D eigenvalue weighted by atomic mass is 15.1. The quantitative estimate of drug-likeness (QED) is 0.411. The summed E-state index contributed by atoms with van der Waals surface area (Å²) in [6.45, 7) is 1.96. The molecule has 6 heterocycles. The summed E-state index contributed by atoms with van der Waals surface area (Å²) in [6.07, 6.45) is 10.8. The molecule has 6 aromatic rings. The standard InChI is InChI=1S/C22H17N9/c1-12-10-31(11-26-12)20-9-25-8-19-15(20)5-18(27-19)22-21-17(29-30-22)3-2-16(28-21)13-4-14(23)7-24-6-13/h2-11,27H,23H2,1H3,(H,29,30). The lowest BCUT2D eigenvalue weighted by atomic mass is 10.1. The van der Waals surface area contributed by atoms with Crippen LogP contribution in [0.2, 0.25) is 0 Å². The first-order valence-electron chi connectivity index (χ1n) is 9.70. The second-order valence-electron chi connectivity index (χ2n) is 7.40. The van der Waals surface area contributed by atoms with Gasteiger partial charge in [-0.3, -0.25) is 15.1 Å². The number of nitrogens with two attached hydrogens (primary N) is 1. The Morgan fingerprint density at radius 2 is 1.90 bits per heavy atom. The zero-order valence-electron chi connectivity index (χ0n) is 16.5. The molecule has 0 amide bonds. The van der Waals surface area contributed by atoms with Crippen molar-refractivity contribution in [2.75, 3.05) is 5.73 Å². The van der Waals surface area contributed by atoms with Gasteiger partial charge in [0, 0.05) is 29.5 Å². The fourth-order valence-electron chi connectivity index (χ4n) is 3.77. The number of pyridine rings is 3. The highest BCUT2D eigenvalue weighted by molar-refractivity contribution is 5.96. The minimum absolute atomic E-state index is 0.595. The summed E-state index contributed by atoms with van der Waals surface area (Å²) in [7, 11) is 0. The Morgan fingerprint density at radius 3 is 2.74 bits per heavy atom. The molecule has 31 heavy (non-hydrogen) atoms. The van der Waals surface area contributed by atoms with E-state index >= 15 is 0 Å². The molecule has 0 fully saturated rings. The molecule has 6 aromatic heterocycles. The summed E-state index contributed by atoms with van der Waals surface area (Å²) in [5.41, 5.74) is 14.1. The topological polar surface area (TPSA) is 127 Å². The first-order valence-corrected chi connectivity index (χ1v) is 9.70. The van der Waals surface area contributed by atoms with Gasteiger partial charge in [0.15, 0.2) is 0 Å². The van der Waals surface area contributed by atoms with Crippen molar-refractivity contribution in [3.63, 3.8) is 0 Å². The number of imidazole rings is 1. The van der Waals surface area contributed by atoms with E-state index in [0.717, 1.165) is 56.0 Å². The van der Waals surface area contributed by atoms with Gasteiger partial charge in [-0.1, -0.05) is 0 Å². The van der Waals surface area contributed by atoms with Crippen LogP contribution in [-0.4, -0.2) is 39.7 Å². The number of anilines is 1. The van der Waals surface area contributed by atoms with Gasteiger partial charge in [-0.05, 0) is 31.2 Å². The van der Waals surface area contributed by atoms with Crippen LogP contribution in [0.3, 0.4) is 0 Å². The largest absolute Gasteiger partial charge is 0.397 e. The molecule has 0 radical (unpaired) electrons. The van der Waals surface area contributed by atoms with Crippen LogP contribution >= 0.6 is 0 Å². The summed E-state index contributed by atoms with van der Waals surface area (Å²) < 4.78 is 1.97. The third-order valence-electron chi connectivity index (χ3n) is 5.23. The van der Waals surface area contributed by atoms with Crippen LogP contribution in [0.1, 0.15) is 5.69 Å². The third-order valence-corrected chi connectivity index (χ3v) is 5.23. The molecule has 0 aliphatic heterocycles. The summed E-state index contributed by atoms with van der Waals surface area (Å²) in [5, 5.41) is 8.61. The summed E-state index contributed by atoms with van der Waals surface area (Å²) in [5.74, 6) is 0. The number of aryl methyl sites for hydroxylation is 1. The Bertz CT molecular complexity index is 1570. The van der Waals surface area contributed by atoms with Gasteiger partial charge >= 0.3 is 0 Å². The highest BCUT2D eigenvalue weighted by Crippen LogP contribution is 2.31. The second-order valence-corrected chi connectivity index (χ2v) is 7.40. The fraction of sp³-hybridized carbons (Fsp3) is 0.0455. The Labute approximate surface area is 176 Å². The maximum Gasteiger partial charge on any atom is 0.135 e. The number of H-pyrrole nitrogens is 2. The van der Waals surface area contributed by atoms with E-state index < -0.39 is 0 Å². The normalized spacial score (nSPS) is 11.5. The van der Waals surface area contributed by atoms with Crippen molar-refractivity contribution in [2.24, 2.45) is 0 Å². The lowest BCUT2D eigenvalue weighted by Crippen LogP contribution is -1.91. The van der Waals surface area contributed by atoms with Gasteiger partial charge in [-0.2, -0.15) is 5.10 Å². The number of aromatic amines is 2. The number of rotatable bonds is 3. The van der Waals surface area contributed by atoms with Crippen molar-refractivity contribution in [2.45, 2.75) is 6.92 Å². The van der Waals surface area contributed by atoms with Crippen molar-refractivity contribution in [1.82, 2.24) is 39.7 Å². The average Bonchev–Trinajstić information content (AvgIpc) is 3.50. The van der Waals surface area contributed by atoms with Crippen molar-refractivity contribution in [3.8, 4) is 28.3 Å². The summed E-state index contributed by atoms with van der Waals surface area (Å²) in [6, 6.07) is 7.80. The second kappa shape index (κ2) is 6.49. The van der Waals surface area contributed by atoms with E-state index in [1.807, 2.05) is 42.1 Å². The molecule has 0 saturated carbocycles. The molecule has 150 valence electrons. The molecule has 0 spiro atoms. The first-order chi connectivity index (χ1) is 15.2. The smallest absolute Gasteiger partial charge is 0.135 e. The predicted octanol–water partition coefficient (Wildman–Crippen LogP) is 3.64. The highest BCUT2D eigenvalue weighted by Gasteiger charge is 2.16. The monoisotopic (exact) mass is 407 g/mol. The van der Waals surface area contributed by atoms with Crippen LogP contribution < -0.4 is 5.73 Å². The summed E-state index contributed by atoms with van der Waals surface area (Å²) in [4.78, 5) is 21.1. The van der Waals surface area contributed by atoms with Gasteiger partial charge < -0.3 is 15.3 Å². The lowest BCUT2D eigenvalue weighted by molar-refractivity contribution is 1.05. The van der Waals surface area contributed by atoms with Crippen molar-refractivity contribution >= 4 is 27.6 Å². The van der Waals surface area contributed by atoms with Crippen molar-refractivity contribution < 1.29 is 0 Å². The maximum atomic E-state index is 5.89. The minimum atomic E-state index is 0.595. The molecular weight excluding hydrogens is 390 g/mol. The van der Waals surface area contributed by atoms with E-state index in [2.05, 4.69) is 36.2 Å². The number of fused-ring (bicyclic) bond motifs is 2. The lowest BCUT2D eigenvalue weighted by Gasteiger charge is -2.02. The molecule has 0 saturated heterocycles. The van der Waals surface area contributed by atoms with Gasteiger partial charge in [0.05, 0.1) is 58.2 Å². The molecule has 9 nitrogen and oxygen atoms in total. The van der Waals surface area contributed by atoms with Crippen LogP contribution in [0, 0.1) is 6.92 Å². The van der Waals surface area contributed by atoms with Gasteiger partial charge in [0.25, 0.3) is 0 Å². The van der Waals surface area contributed by atoms with Gasteiger partial charge in [-0.25, -0.2) is 9.97 Å². The maximum absolute atomic E-state index is 5.89. The van der Waals surface area contributed by atoms with E-state index in [0.29, 0.717) is 5.69 Å². The van der Waals surface area contributed by atoms with E-state index in [4.69, 9.17) is 10.7 Å². The van der Waals surface area contributed by atoms with Crippen LogP contribution in [0.5, 0.6) is 0 Å². The van der Waals surface area contributed by atoms with Crippen LogP contribution in [0.25, 0.3) is 50.3 Å². The van der Waals surface area contributed by atoms with Gasteiger partial charge in [0.2, 0.25) is 0 Å². The number of hydrogen-bond acceptors (Lipinski definition) is 6. The molecule has 0 aliphatic rings. The molecule has 0 atom stereocenters. The Kier molecular flexibility index (Phi) is 3.63. The van der Waals surface area contributed by atoms with E-state index in [1.165, 1.54) is 0 Å². The fourth-order valence-corrected chi connectivity index (χ4v) is 3.77. The number of aromatic nitrogens is 8. The Morgan fingerprint density at radius 1 is 1.00 bits per heavy atom. The number of hydrogen-bond donors (Lipinski definition) is 3. The summed E-state index contributed by atoms with van der Waals surface area (Å²) >= 11 is 0. The molecule has 6 rings (SSSR count). The van der Waals surface area contributed by atoms with Crippen molar-refractivity contribution in [1.29, 1.82) is 0 Å². The minimum Gasteiger partial charge on any atom is -0.397 e. The molecular formula is C22H17N9. The van der Waals surface area contributed by atoms with Crippen molar-refractivity contribution in [3.05, 3.63) is 67.3 Å². The molecule has 0 unspecified atom stereocenters. The van der Waals surface area contributed by atoms with Gasteiger partial charge in [0.1, 0.15) is 11.2 Å². The number of nitrogens with one attached hydrogen (secondary N) is 2. The van der Waals surface area contributed by atoms with E-state index in [9.17, 15) is 0 Å².